The molecule has 5 heteroatoms. The van der Waals surface area contributed by atoms with Crippen LogP contribution in [0.1, 0.15) is 22.9 Å². The second-order valence-electron chi connectivity index (χ2n) is 5.09. The molecule has 0 aliphatic heterocycles. The van der Waals surface area contributed by atoms with Crippen LogP contribution in [-0.4, -0.2) is 16.9 Å². The molecule has 0 fully saturated rings. The second kappa shape index (κ2) is 6.49. The Labute approximate surface area is 129 Å². The zero-order valence-electron chi connectivity index (χ0n) is 12.7. The third-order valence-electron chi connectivity index (χ3n) is 3.55. The molecule has 3 aromatic rings. The van der Waals surface area contributed by atoms with Gasteiger partial charge in [0.2, 0.25) is 0 Å². The lowest BCUT2D eigenvalue weighted by Crippen LogP contribution is -2.22. The Bertz CT molecular complexity index is 719. The van der Waals surface area contributed by atoms with Crippen molar-refractivity contribution in [3.8, 4) is 5.75 Å². The van der Waals surface area contributed by atoms with Crippen LogP contribution in [0.5, 0.6) is 5.75 Å². The highest BCUT2D eigenvalue weighted by atomic mass is 16.5. The van der Waals surface area contributed by atoms with E-state index in [-0.39, 0.29) is 6.04 Å². The molecule has 2 heterocycles. The van der Waals surface area contributed by atoms with Gasteiger partial charge in [-0.05, 0) is 18.2 Å². The number of aryl methyl sites for hydroxylation is 1. The van der Waals surface area contributed by atoms with Crippen molar-refractivity contribution in [2.75, 3.05) is 7.11 Å². The topological polar surface area (TPSA) is 52.2 Å². The smallest absolute Gasteiger partial charge is 0.125 e. The molecule has 1 atom stereocenters. The van der Waals surface area contributed by atoms with Crippen LogP contribution in [0.4, 0.5) is 0 Å². The summed E-state index contributed by atoms with van der Waals surface area (Å²) in [6.45, 7) is 0.692. The van der Waals surface area contributed by atoms with Crippen LogP contribution >= 0.6 is 0 Å². The van der Waals surface area contributed by atoms with Crippen LogP contribution in [-0.2, 0) is 13.6 Å². The number of ether oxygens (including phenoxy) is 1. The van der Waals surface area contributed by atoms with Crippen LogP contribution in [0.3, 0.4) is 0 Å². The molecule has 5 nitrogen and oxygen atoms in total. The fraction of sp³-hybridized carbons (Fsp3) is 0.235. The largest absolute Gasteiger partial charge is 0.496 e. The number of para-hydroxylation sites is 1. The number of hydrogen-bond donors (Lipinski definition) is 1. The van der Waals surface area contributed by atoms with Gasteiger partial charge in [0.15, 0.2) is 0 Å². The van der Waals surface area contributed by atoms with Crippen LogP contribution in [0.15, 0.2) is 59.5 Å². The zero-order chi connectivity index (χ0) is 15.4. The molecule has 114 valence electrons. The lowest BCUT2D eigenvalue weighted by molar-refractivity contribution is 0.392. The van der Waals surface area contributed by atoms with Crippen molar-refractivity contribution in [3.63, 3.8) is 0 Å². The molecule has 1 N–H and O–H groups in total. The van der Waals surface area contributed by atoms with E-state index in [1.54, 1.807) is 18.1 Å². The number of hydrogen-bond acceptors (Lipinski definition) is 4. The zero-order valence-corrected chi connectivity index (χ0v) is 12.7. The molecule has 3 rings (SSSR count). The van der Waals surface area contributed by atoms with Gasteiger partial charge < -0.3 is 9.15 Å². The molecule has 22 heavy (non-hydrogen) atoms. The van der Waals surface area contributed by atoms with Crippen LogP contribution in [0.2, 0.25) is 0 Å². The van der Waals surface area contributed by atoms with Crippen molar-refractivity contribution in [1.29, 1.82) is 0 Å². The normalized spacial score (nSPS) is 12.3. The Kier molecular flexibility index (Phi) is 4.25. The lowest BCUT2D eigenvalue weighted by Gasteiger charge is -2.19. The van der Waals surface area contributed by atoms with Crippen molar-refractivity contribution in [3.05, 3.63) is 71.9 Å². The standard InChI is InChI=1S/C17H19N3O2/c1-20-12-13(11-19-20)10-18-17(16-8-5-9-22-16)14-6-3-4-7-15(14)21-2/h3-9,11-12,17-18H,10H2,1-2H3/t17-/m1/s1. The number of methoxy groups -OCH3 is 1. The third-order valence-corrected chi connectivity index (χ3v) is 3.55. The van der Waals surface area contributed by atoms with Gasteiger partial charge >= 0.3 is 0 Å². The number of nitrogens with zero attached hydrogens (tertiary/aromatic N) is 2. The van der Waals surface area contributed by atoms with E-state index >= 15 is 0 Å². The van der Waals surface area contributed by atoms with Gasteiger partial charge in [-0.25, -0.2) is 0 Å². The maximum absolute atomic E-state index is 5.60. The highest BCUT2D eigenvalue weighted by Gasteiger charge is 2.20. The average Bonchev–Trinajstić information content (AvgIpc) is 3.20. The van der Waals surface area contributed by atoms with E-state index in [2.05, 4.69) is 10.4 Å². The Hall–Kier alpha value is -2.53. The molecule has 1 aromatic carbocycles. The van der Waals surface area contributed by atoms with Crippen molar-refractivity contribution >= 4 is 0 Å². The quantitative estimate of drug-likeness (QED) is 0.760. The van der Waals surface area contributed by atoms with E-state index < -0.39 is 0 Å². The predicted octanol–water partition coefficient (Wildman–Crippen LogP) is 2.90. The molecular weight excluding hydrogens is 278 g/mol. The summed E-state index contributed by atoms with van der Waals surface area (Å²) in [6, 6.07) is 11.7. The molecule has 0 bridgehead atoms. The van der Waals surface area contributed by atoms with Gasteiger partial charge in [-0.2, -0.15) is 5.10 Å². The Morgan fingerprint density at radius 3 is 2.82 bits per heavy atom. The monoisotopic (exact) mass is 297 g/mol. The van der Waals surface area contributed by atoms with E-state index in [1.807, 2.05) is 55.8 Å². The first-order valence-electron chi connectivity index (χ1n) is 7.15. The summed E-state index contributed by atoms with van der Waals surface area (Å²) in [5.41, 5.74) is 2.16. The predicted molar refractivity (Wildman–Crippen MR) is 83.6 cm³/mol. The molecular formula is C17H19N3O2. The second-order valence-corrected chi connectivity index (χ2v) is 5.09. The average molecular weight is 297 g/mol. The van der Waals surface area contributed by atoms with Gasteiger partial charge in [0.05, 0.1) is 25.6 Å². The molecule has 0 amide bonds. The first-order valence-corrected chi connectivity index (χ1v) is 7.15. The van der Waals surface area contributed by atoms with E-state index in [4.69, 9.17) is 9.15 Å². The van der Waals surface area contributed by atoms with Crippen LogP contribution in [0.25, 0.3) is 0 Å². The minimum Gasteiger partial charge on any atom is -0.496 e. The number of nitrogens with one attached hydrogen (secondary N) is 1. The molecule has 0 saturated carbocycles. The Morgan fingerprint density at radius 1 is 1.27 bits per heavy atom. The maximum Gasteiger partial charge on any atom is 0.125 e. The van der Waals surface area contributed by atoms with Crippen molar-refractivity contribution < 1.29 is 9.15 Å². The van der Waals surface area contributed by atoms with Gasteiger partial charge in [0, 0.05) is 30.9 Å². The summed E-state index contributed by atoms with van der Waals surface area (Å²) >= 11 is 0. The molecule has 0 spiro atoms. The van der Waals surface area contributed by atoms with Gasteiger partial charge in [-0.15, -0.1) is 0 Å². The molecule has 0 radical (unpaired) electrons. The fourth-order valence-corrected chi connectivity index (χ4v) is 2.51. The number of aromatic nitrogens is 2. The maximum atomic E-state index is 5.60. The summed E-state index contributed by atoms with van der Waals surface area (Å²) < 4.78 is 12.9. The minimum atomic E-state index is -0.0774. The number of benzene rings is 1. The SMILES string of the molecule is COc1ccccc1[C@@H](NCc1cnn(C)c1)c1ccco1. The molecule has 2 aromatic heterocycles. The van der Waals surface area contributed by atoms with Crippen molar-refractivity contribution in [2.24, 2.45) is 7.05 Å². The Balaban J connectivity index is 1.87. The van der Waals surface area contributed by atoms with Crippen LogP contribution < -0.4 is 10.1 Å². The summed E-state index contributed by atoms with van der Waals surface area (Å²) in [7, 11) is 3.59. The van der Waals surface area contributed by atoms with Gasteiger partial charge in [0.25, 0.3) is 0 Å². The van der Waals surface area contributed by atoms with E-state index in [1.165, 1.54) is 0 Å². The first-order chi connectivity index (χ1) is 10.8. The van der Waals surface area contributed by atoms with Crippen molar-refractivity contribution in [1.82, 2.24) is 15.1 Å². The number of furan rings is 1. The van der Waals surface area contributed by atoms with Gasteiger partial charge in [0.1, 0.15) is 11.5 Å². The summed E-state index contributed by atoms with van der Waals surface area (Å²) in [6.07, 6.45) is 5.53. The lowest BCUT2D eigenvalue weighted by atomic mass is 10.0. The number of rotatable bonds is 6. The highest BCUT2D eigenvalue weighted by molar-refractivity contribution is 5.39. The van der Waals surface area contributed by atoms with Crippen LogP contribution in [0, 0.1) is 0 Å². The van der Waals surface area contributed by atoms with E-state index in [0.717, 1.165) is 22.6 Å². The van der Waals surface area contributed by atoms with Crippen molar-refractivity contribution in [2.45, 2.75) is 12.6 Å². The summed E-state index contributed by atoms with van der Waals surface area (Å²) in [5.74, 6) is 1.69. The molecule has 0 aliphatic carbocycles. The van der Waals surface area contributed by atoms with Gasteiger partial charge in [-0.3, -0.25) is 10.00 Å². The van der Waals surface area contributed by atoms with E-state index in [0.29, 0.717) is 6.54 Å². The molecule has 0 saturated heterocycles. The van der Waals surface area contributed by atoms with E-state index in [9.17, 15) is 0 Å². The fourth-order valence-electron chi connectivity index (χ4n) is 2.51. The molecule has 0 aliphatic rings. The highest BCUT2D eigenvalue weighted by Crippen LogP contribution is 2.30. The first kappa shape index (κ1) is 14.4. The Morgan fingerprint density at radius 2 is 2.14 bits per heavy atom. The minimum absolute atomic E-state index is 0.0774. The summed E-state index contributed by atoms with van der Waals surface area (Å²) in [4.78, 5) is 0. The third kappa shape index (κ3) is 3.04. The summed E-state index contributed by atoms with van der Waals surface area (Å²) in [5, 5.41) is 7.71. The molecule has 0 unspecified atom stereocenters. The van der Waals surface area contributed by atoms with Gasteiger partial charge in [-0.1, -0.05) is 18.2 Å².